The number of hydrogen-bond acceptors (Lipinski definition) is 5. The molecule has 2 amide bonds. The Balaban J connectivity index is 1.15. The third-order valence-corrected chi connectivity index (χ3v) is 9.67. The van der Waals surface area contributed by atoms with Crippen LogP contribution in [0.4, 0.5) is 11.4 Å². The average molecular weight is 538 g/mol. The van der Waals surface area contributed by atoms with Gasteiger partial charge >= 0.3 is 0 Å². The number of carbonyl (C=O) groups is 2. The number of nitrogens with one attached hydrogen (secondary N) is 1. The summed E-state index contributed by atoms with van der Waals surface area (Å²) in [5.41, 5.74) is 1.40. The van der Waals surface area contributed by atoms with Gasteiger partial charge in [-0.3, -0.25) is 14.5 Å². The second kappa shape index (κ2) is 10.4. The highest BCUT2D eigenvalue weighted by Crippen LogP contribution is 2.57. The maximum Gasteiger partial charge on any atom is 0.238 e. The Morgan fingerprint density at radius 2 is 1.68 bits per heavy atom. The van der Waals surface area contributed by atoms with Crippen molar-refractivity contribution in [3.05, 3.63) is 59.6 Å². The highest BCUT2D eigenvalue weighted by atomic mass is 35.5. The maximum atomic E-state index is 13.3. The van der Waals surface area contributed by atoms with Gasteiger partial charge in [0.25, 0.3) is 0 Å². The number of benzene rings is 2. The molecular formula is C29H32ClN3O3S. The molecule has 5 aliphatic rings. The first-order chi connectivity index (χ1) is 17.9. The summed E-state index contributed by atoms with van der Waals surface area (Å²) >= 11 is 7.30. The van der Waals surface area contributed by atoms with Crippen molar-refractivity contribution < 1.29 is 14.3 Å². The van der Waals surface area contributed by atoms with Crippen LogP contribution in [0.2, 0.25) is 5.02 Å². The molecule has 4 aliphatic carbocycles. The number of thioether (sulfide) groups is 1. The summed E-state index contributed by atoms with van der Waals surface area (Å²) in [7, 11) is 0. The van der Waals surface area contributed by atoms with Gasteiger partial charge in [-0.15, -0.1) is 0 Å². The summed E-state index contributed by atoms with van der Waals surface area (Å²) in [6, 6.07) is 16.5. The predicted molar refractivity (Wildman–Crippen MR) is 148 cm³/mol. The molecule has 1 N–H and O–H groups in total. The van der Waals surface area contributed by atoms with Crippen molar-refractivity contribution in [2.24, 2.45) is 22.7 Å². The fourth-order valence-electron chi connectivity index (χ4n) is 6.99. The molecule has 4 bridgehead atoms. The molecule has 0 unspecified atom stereocenters. The van der Waals surface area contributed by atoms with Crippen LogP contribution in [0, 0.1) is 17.8 Å². The summed E-state index contributed by atoms with van der Waals surface area (Å²) in [6.45, 7) is 0.943. The fourth-order valence-corrected chi connectivity index (χ4v) is 8.24. The van der Waals surface area contributed by atoms with Crippen molar-refractivity contribution in [1.82, 2.24) is 4.90 Å². The van der Waals surface area contributed by atoms with Crippen LogP contribution in [0.15, 0.2) is 59.6 Å². The van der Waals surface area contributed by atoms with Crippen LogP contribution >= 0.6 is 23.4 Å². The molecule has 4 saturated carbocycles. The number of halogens is 1. The first kappa shape index (κ1) is 25.0. The van der Waals surface area contributed by atoms with Crippen molar-refractivity contribution in [1.29, 1.82) is 0 Å². The smallest absolute Gasteiger partial charge is 0.238 e. The van der Waals surface area contributed by atoms with Crippen LogP contribution in [0.5, 0.6) is 0 Å². The molecular weight excluding hydrogens is 506 g/mol. The number of ether oxygens (including phenoxy) is 1. The summed E-state index contributed by atoms with van der Waals surface area (Å²) in [4.78, 5) is 32.9. The molecule has 0 radical (unpaired) electrons. The Hall–Kier alpha value is -2.35. The summed E-state index contributed by atoms with van der Waals surface area (Å²) in [6.07, 6.45) is 7.74. The lowest BCUT2D eigenvalue weighted by Gasteiger charge is -2.56. The summed E-state index contributed by atoms with van der Waals surface area (Å²) < 4.78 is 6.61. The number of hydrogen-bond donors (Lipinski definition) is 1. The third kappa shape index (κ3) is 5.59. The molecule has 2 aromatic rings. The van der Waals surface area contributed by atoms with Gasteiger partial charge in [0.15, 0.2) is 5.17 Å². The first-order valence-electron chi connectivity index (χ1n) is 13.3. The van der Waals surface area contributed by atoms with Gasteiger partial charge in [0.05, 0.1) is 24.4 Å². The minimum Gasteiger partial charge on any atom is -0.373 e. The second-order valence-electron chi connectivity index (χ2n) is 11.0. The van der Waals surface area contributed by atoms with E-state index < -0.39 is 5.25 Å². The molecule has 1 saturated heterocycles. The maximum absolute atomic E-state index is 13.3. The van der Waals surface area contributed by atoms with E-state index in [2.05, 4.69) is 5.32 Å². The standard InChI is InChI=1S/C29H32ClN3O3S/c30-22-6-8-24(9-7-22)31-27(35)25-15-26(34)33(28(37-25)32-23-4-2-1-3-5-23)10-11-36-29-16-19-12-20(17-29)14-21(13-19)18-29/h1-9,19-21,25H,10-18H2,(H,31,35)/t19?,20?,21?,25-,29?/m1/s1. The Morgan fingerprint density at radius 1 is 1.03 bits per heavy atom. The zero-order valence-corrected chi connectivity index (χ0v) is 22.3. The van der Waals surface area contributed by atoms with E-state index in [1.165, 1.54) is 50.3 Å². The van der Waals surface area contributed by atoms with Crippen molar-refractivity contribution >= 4 is 51.7 Å². The summed E-state index contributed by atoms with van der Waals surface area (Å²) in [5, 5.41) is 3.49. The normalized spacial score (nSPS) is 31.6. The largest absolute Gasteiger partial charge is 0.373 e. The number of amidine groups is 1. The molecule has 7 rings (SSSR count). The predicted octanol–water partition coefficient (Wildman–Crippen LogP) is 6.29. The van der Waals surface area contributed by atoms with Crippen molar-refractivity contribution in [3.8, 4) is 0 Å². The zero-order valence-electron chi connectivity index (χ0n) is 20.8. The highest BCUT2D eigenvalue weighted by Gasteiger charge is 2.51. The minimum absolute atomic E-state index is 0.00152. The van der Waals surface area contributed by atoms with Crippen LogP contribution in [-0.4, -0.2) is 45.9 Å². The number of carbonyl (C=O) groups excluding carboxylic acids is 2. The van der Waals surface area contributed by atoms with E-state index in [0.717, 1.165) is 23.4 Å². The molecule has 0 spiro atoms. The zero-order chi connectivity index (χ0) is 25.4. The van der Waals surface area contributed by atoms with Gasteiger partial charge in [-0.2, -0.15) is 0 Å². The molecule has 0 aromatic heterocycles. The molecule has 8 heteroatoms. The van der Waals surface area contributed by atoms with Crippen LogP contribution in [0.3, 0.4) is 0 Å². The van der Waals surface area contributed by atoms with Crippen molar-refractivity contribution in [2.75, 3.05) is 18.5 Å². The molecule has 6 nitrogen and oxygen atoms in total. The van der Waals surface area contributed by atoms with Crippen LogP contribution < -0.4 is 5.32 Å². The highest BCUT2D eigenvalue weighted by molar-refractivity contribution is 8.15. The topological polar surface area (TPSA) is 71.0 Å². The molecule has 1 atom stereocenters. The Morgan fingerprint density at radius 3 is 2.32 bits per heavy atom. The number of rotatable bonds is 7. The first-order valence-corrected chi connectivity index (χ1v) is 14.5. The molecule has 37 heavy (non-hydrogen) atoms. The van der Waals surface area contributed by atoms with Gasteiger partial charge < -0.3 is 10.1 Å². The molecule has 194 valence electrons. The molecule has 1 heterocycles. The third-order valence-electron chi connectivity index (χ3n) is 8.23. The van der Waals surface area contributed by atoms with Gasteiger partial charge in [-0.1, -0.05) is 41.6 Å². The summed E-state index contributed by atoms with van der Waals surface area (Å²) in [5.74, 6) is 2.13. The van der Waals surface area contributed by atoms with Gasteiger partial charge in [-0.25, -0.2) is 4.99 Å². The lowest BCUT2D eigenvalue weighted by Crippen LogP contribution is -2.53. The lowest BCUT2D eigenvalue weighted by molar-refractivity contribution is -0.164. The SMILES string of the molecule is O=C(Nc1ccc(Cl)cc1)[C@H]1CC(=O)N(CCOC23CC4CC(CC(C4)C2)C3)C(=Nc2ccccc2)S1. The van der Waals surface area contributed by atoms with Crippen LogP contribution in [0.1, 0.15) is 44.9 Å². The molecule has 1 aliphatic heterocycles. The van der Waals surface area contributed by atoms with Gasteiger partial charge in [0, 0.05) is 17.1 Å². The quantitative estimate of drug-likeness (QED) is 0.451. The Labute approximate surface area is 227 Å². The lowest BCUT2D eigenvalue weighted by atomic mass is 9.54. The fraction of sp³-hybridized carbons (Fsp3) is 0.483. The second-order valence-corrected chi connectivity index (χ2v) is 12.6. The number of aliphatic imine (C=N–C) groups is 1. The van der Waals surface area contributed by atoms with E-state index in [-0.39, 0.29) is 23.8 Å². The van der Waals surface area contributed by atoms with E-state index in [9.17, 15) is 9.59 Å². The number of amides is 2. The Bertz CT molecular complexity index is 1150. The van der Waals surface area contributed by atoms with E-state index >= 15 is 0 Å². The monoisotopic (exact) mass is 537 g/mol. The number of para-hydroxylation sites is 1. The number of anilines is 1. The van der Waals surface area contributed by atoms with Crippen molar-refractivity contribution in [2.45, 2.75) is 55.8 Å². The molecule has 2 aromatic carbocycles. The average Bonchev–Trinajstić information content (AvgIpc) is 2.86. The minimum atomic E-state index is -0.564. The van der Waals surface area contributed by atoms with Gasteiger partial charge in [0.1, 0.15) is 5.25 Å². The van der Waals surface area contributed by atoms with Crippen LogP contribution in [-0.2, 0) is 14.3 Å². The van der Waals surface area contributed by atoms with Crippen LogP contribution in [0.25, 0.3) is 0 Å². The van der Waals surface area contributed by atoms with Gasteiger partial charge in [0.2, 0.25) is 11.8 Å². The van der Waals surface area contributed by atoms with Crippen molar-refractivity contribution in [3.63, 3.8) is 0 Å². The van der Waals surface area contributed by atoms with E-state index in [1.54, 1.807) is 29.2 Å². The van der Waals surface area contributed by atoms with E-state index in [1.807, 2.05) is 30.3 Å². The van der Waals surface area contributed by atoms with E-state index in [4.69, 9.17) is 21.3 Å². The Kier molecular flexibility index (Phi) is 7.03. The number of nitrogens with zero attached hydrogens (tertiary/aromatic N) is 2. The van der Waals surface area contributed by atoms with E-state index in [0.29, 0.717) is 29.0 Å². The molecule has 5 fully saturated rings. The van der Waals surface area contributed by atoms with Gasteiger partial charge in [-0.05, 0) is 92.7 Å².